The number of anilines is 1. The highest BCUT2D eigenvalue weighted by Crippen LogP contribution is 2.54. The summed E-state index contributed by atoms with van der Waals surface area (Å²) in [6, 6.07) is 15.3. The molecule has 0 aromatic heterocycles. The summed E-state index contributed by atoms with van der Waals surface area (Å²) in [6.07, 6.45) is 2.66. The molecule has 2 atom stereocenters. The van der Waals surface area contributed by atoms with E-state index in [9.17, 15) is 19.1 Å². The molecule has 3 fully saturated rings. The van der Waals surface area contributed by atoms with Gasteiger partial charge in [-0.05, 0) is 36.5 Å². The first kappa shape index (κ1) is 20.0. The molecule has 31 heavy (non-hydrogen) atoms. The highest BCUT2D eigenvalue weighted by atomic mass is 19.1. The van der Waals surface area contributed by atoms with E-state index in [2.05, 4.69) is 5.32 Å². The van der Waals surface area contributed by atoms with Crippen LogP contribution < -0.4 is 5.32 Å². The highest BCUT2D eigenvalue weighted by Gasteiger charge is 2.68. The van der Waals surface area contributed by atoms with Crippen LogP contribution in [0.2, 0.25) is 0 Å². The zero-order valence-corrected chi connectivity index (χ0v) is 17.2. The van der Waals surface area contributed by atoms with Gasteiger partial charge in [-0.25, -0.2) is 9.18 Å². The summed E-state index contributed by atoms with van der Waals surface area (Å²) in [5.41, 5.74) is 0.676. The number of amides is 3. The van der Waals surface area contributed by atoms with E-state index in [-0.39, 0.29) is 36.2 Å². The standard InChI is InChI=1S/C24H26FN3O3/c25-18-8-4-5-9-19(18)26-23(31)27-14-24(15-27)22(17-6-2-1-3-7-17)20(13-29)28(24)21(30)12-16-10-11-16/h1-9,16,20,22,29H,10-15H2,(H,26,31)/t20-,22+/m0/s1. The summed E-state index contributed by atoms with van der Waals surface area (Å²) < 4.78 is 13.9. The van der Waals surface area contributed by atoms with Crippen molar-refractivity contribution in [1.29, 1.82) is 0 Å². The van der Waals surface area contributed by atoms with E-state index < -0.39 is 11.4 Å². The van der Waals surface area contributed by atoms with Crippen LogP contribution in [0.1, 0.15) is 30.7 Å². The van der Waals surface area contributed by atoms with Crippen LogP contribution in [0.4, 0.5) is 14.9 Å². The Kier molecular flexibility index (Phi) is 4.93. The van der Waals surface area contributed by atoms with Crippen molar-refractivity contribution in [1.82, 2.24) is 9.80 Å². The molecule has 3 aliphatic rings. The van der Waals surface area contributed by atoms with Gasteiger partial charge in [0.25, 0.3) is 0 Å². The van der Waals surface area contributed by atoms with E-state index in [1.165, 1.54) is 12.1 Å². The van der Waals surface area contributed by atoms with Gasteiger partial charge in [-0.2, -0.15) is 0 Å². The molecule has 2 saturated heterocycles. The van der Waals surface area contributed by atoms with Gasteiger partial charge in [-0.15, -0.1) is 0 Å². The smallest absolute Gasteiger partial charge is 0.322 e. The molecule has 2 aromatic carbocycles. The first-order valence-corrected chi connectivity index (χ1v) is 10.8. The van der Waals surface area contributed by atoms with E-state index in [0.29, 0.717) is 25.4 Å². The lowest BCUT2D eigenvalue weighted by Crippen LogP contribution is -2.86. The number of nitrogens with one attached hydrogen (secondary N) is 1. The van der Waals surface area contributed by atoms with Gasteiger partial charge in [-0.3, -0.25) is 4.79 Å². The minimum atomic E-state index is -0.521. The lowest BCUT2D eigenvalue weighted by atomic mass is 9.60. The van der Waals surface area contributed by atoms with Crippen molar-refractivity contribution in [2.45, 2.75) is 36.8 Å². The molecule has 2 heterocycles. The van der Waals surface area contributed by atoms with E-state index >= 15 is 0 Å². The van der Waals surface area contributed by atoms with Crippen LogP contribution in [0, 0.1) is 11.7 Å². The largest absolute Gasteiger partial charge is 0.394 e. The maximum atomic E-state index is 13.9. The Labute approximate surface area is 180 Å². The van der Waals surface area contributed by atoms with Crippen molar-refractivity contribution < 1.29 is 19.1 Å². The van der Waals surface area contributed by atoms with Gasteiger partial charge in [0.2, 0.25) is 5.91 Å². The summed E-state index contributed by atoms with van der Waals surface area (Å²) in [7, 11) is 0. The fraction of sp³-hybridized carbons (Fsp3) is 0.417. The van der Waals surface area contributed by atoms with Gasteiger partial charge in [0.1, 0.15) is 5.82 Å². The number of benzene rings is 2. The fourth-order valence-corrected chi connectivity index (χ4v) is 5.25. The Balaban J connectivity index is 1.37. The summed E-state index contributed by atoms with van der Waals surface area (Å²) >= 11 is 0. The van der Waals surface area contributed by atoms with Crippen LogP contribution in [0.15, 0.2) is 54.6 Å². The zero-order valence-electron chi connectivity index (χ0n) is 17.2. The fourth-order valence-electron chi connectivity index (χ4n) is 5.25. The van der Waals surface area contributed by atoms with Crippen LogP contribution in [-0.2, 0) is 4.79 Å². The van der Waals surface area contributed by atoms with Crippen LogP contribution >= 0.6 is 0 Å². The molecule has 6 nitrogen and oxygen atoms in total. The molecule has 3 amide bonds. The second-order valence-electron chi connectivity index (χ2n) is 8.92. The second kappa shape index (κ2) is 7.64. The number of halogens is 1. The molecule has 2 aliphatic heterocycles. The maximum Gasteiger partial charge on any atom is 0.322 e. The van der Waals surface area contributed by atoms with Crippen LogP contribution in [-0.4, -0.2) is 58.1 Å². The van der Waals surface area contributed by atoms with Crippen molar-refractivity contribution in [3.63, 3.8) is 0 Å². The molecule has 2 aromatic rings. The van der Waals surface area contributed by atoms with Gasteiger partial charge in [-0.1, -0.05) is 42.5 Å². The van der Waals surface area contributed by atoms with Crippen molar-refractivity contribution in [3.05, 3.63) is 66.0 Å². The number of nitrogens with zero attached hydrogens (tertiary/aromatic N) is 2. The van der Waals surface area contributed by atoms with Gasteiger partial charge < -0.3 is 20.2 Å². The maximum absolute atomic E-state index is 13.9. The van der Waals surface area contributed by atoms with Crippen LogP contribution in [0.3, 0.4) is 0 Å². The summed E-state index contributed by atoms with van der Waals surface area (Å²) in [4.78, 5) is 29.3. The number of likely N-dealkylation sites (tertiary alicyclic amines) is 2. The molecule has 1 saturated carbocycles. The number of hydrogen-bond acceptors (Lipinski definition) is 3. The predicted molar refractivity (Wildman–Crippen MR) is 114 cm³/mol. The highest BCUT2D eigenvalue weighted by molar-refractivity contribution is 5.91. The summed E-state index contributed by atoms with van der Waals surface area (Å²) in [5.74, 6) is -0.0269. The molecular formula is C24H26FN3O3. The number of aliphatic hydroxyl groups is 1. The molecule has 5 rings (SSSR count). The Hall–Kier alpha value is -2.93. The molecule has 1 spiro atoms. The third-order valence-corrected chi connectivity index (χ3v) is 6.88. The molecular weight excluding hydrogens is 397 g/mol. The number of hydrogen-bond donors (Lipinski definition) is 2. The number of carbonyl (C=O) groups is 2. The summed E-state index contributed by atoms with van der Waals surface area (Å²) in [5, 5.41) is 12.7. The summed E-state index contributed by atoms with van der Waals surface area (Å²) in [6.45, 7) is 0.610. The molecule has 2 N–H and O–H groups in total. The van der Waals surface area contributed by atoms with E-state index in [4.69, 9.17) is 0 Å². The Morgan fingerprint density at radius 2 is 1.74 bits per heavy atom. The van der Waals surface area contributed by atoms with Crippen LogP contribution in [0.25, 0.3) is 0 Å². The third-order valence-electron chi connectivity index (χ3n) is 6.88. The lowest BCUT2D eigenvalue weighted by molar-refractivity contribution is -0.193. The third kappa shape index (κ3) is 3.37. The first-order valence-electron chi connectivity index (χ1n) is 10.8. The van der Waals surface area contributed by atoms with E-state index in [0.717, 1.165) is 18.4 Å². The van der Waals surface area contributed by atoms with Gasteiger partial charge in [0.15, 0.2) is 0 Å². The van der Waals surface area contributed by atoms with Crippen molar-refractivity contribution in [3.8, 4) is 0 Å². The molecule has 0 bridgehead atoms. The van der Waals surface area contributed by atoms with Crippen molar-refractivity contribution in [2.75, 3.05) is 25.0 Å². The predicted octanol–water partition coefficient (Wildman–Crippen LogP) is 3.20. The number of urea groups is 1. The van der Waals surface area contributed by atoms with Crippen molar-refractivity contribution in [2.24, 2.45) is 5.92 Å². The lowest BCUT2D eigenvalue weighted by Gasteiger charge is -2.70. The van der Waals surface area contributed by atoms with Crippen molar-refractivity contribution >= 4 is 17.6 Å². The van der Waals surface area contributed by atoms with E-state index in [1.54, 1.807) is 17.0 Å². The topological polar surface area (TPSA) is 72.9 Å². The molecule has 0 unspecified atom stereocenters. The average molecular weight is 423 g/mol. The number of para-hydroxylation sites is 1. The Morgan fingerprint density at radius 3 is 2.39 bits per heavy atom. The Bertz CT molecular complexity index is 989. The quantitative estimate of drug-likeness (QED) is 0.776. The number of carbonyl (C=O) groups excluding carboxylic acids is 2. The molecule has 0 radical (unpaired) electrons. The van der Waals surface area contributed by atoms with Crippen LogP contribution in [0.5, 0.6) is 0 Å². The second-order valence-corrected chi connectivity index (χ2v) is 8.92. The molecule has 1 aliphatic carbocycles. The van der Waals surface area contributed by atoms with E-state index in [1.807, 2.05) is 35.2 Å². The minimum Gasteiger partial charge on any atom is -0.394 e. The monoisotopic (exact) mass is 423 g/mol. The van der Waals surface area contributed by atoms with Gasteiger partial charge >= 0.3 is 6.03 Å². The Morgan fingerprint density at radius 1 is 1.06 bits per heavy atom. The minimum absolute atomic E-state index is 0.0423. The molecule has 162 valence electrons. The SMILES string of the molecule is O=C(Nc1ccccc1F)N1CC2(C1)[C@H](c1ccccc1)[C@H](CO)N2C(=O)CC1CC1. The zero-order chi connectivity index (χ0) is 21.6. The van der Waals surface area contributed by atoms with Gasteiger partial charge in [0, 0.05) is 25.4 Å². The normalized spacial score (nSPS) is 23.8. The average Bonchev–Trinajstić information content (AvgIpc) is 3.53. The van der Waals surface area contributed by atoms with Gasteiger partial charge in [0.05, 0.1) is 23.9 Å². The number of rotatable bonds is 5. The molecule has 7 heteroatoms. The number of aliphatic hydroxyl groups excluding tert-OH is 1. The first-order chi connectivity index (χ1) is 15.0.